The van der Waals surface area contributed by atoms with Gasteiger partial charge in [0.1, 0.15) is 6.10 Å². The molecule has 0 aromatic heterocycles. The van der Waals surface area contributed by atoms with Crippen LogP contribution < -0.4 is 0 Å². The zero-order valence-electron chi connectivity index (χ0n) is 11.7. The van der Waals surface area contributed by atoms with E-state index in [4.69, 9.17) is 18.9 Å². The minimum Gasteiger partial charge on any atom is -0.388 e. The first-order chi connectivity index (χ1) is 9.01. The lowest BCUT2D eigenvalue weighted by atomic mass is 10.0. The standard InChI is InChI=1S/C13H24O6/c1-7-9(4-5-11(14)17-7)19-12-6-10(16-3)13(15)8(2)18-12/h7-15H,4-6H2,1-3H3/t7-,8-,9+,10-,11?,12+,13-/m1/s1. The van der Waals surface area contributed by atoms with E-state index in [2.05, 4.69) is 0 Å². The maximum atomic E-state index is 9.88. The second-order valence-electron chi connectivity index (χ2n) is 5.32. The van der Waals surface area contributed by atoms with Gasteiger partial charge < -0.3 is 29.2 Å². The van der Waals surface area contributed by atoms with Gasteiger partial charge in [-0.05, 0) is 20.3 Å². The van der Waals surface area contributed by atoms with E-state index in [0.717, 1.165) is 6.42 Å². The fourth-order valence-electron chi connectivity index (χ4n) is 2.65. The van der Waals surface area contributed by atoms with Crippen molar-refractivity contribution < 1.29 is 29.2 Å². The Balaban J connectivity index is 1.88. The number of aliphatic hydroxyl groups is 2. The van der Waals surface area contributed by atoms with Crippen molar-refractivity contribution in [3.8, 4) is 0 Å². The zero-order chi connectivity index (χ0) is 14.0. The summed E-state index contributed by atoms with van der Waals surface area (Å²) >= 11 is 0. The number of ether oxygens (including phenoxy) is 4. The van der Waals surface area contributed by atoms with E-state index in [1.165, 1.54) is 0 Å². The molecule has 0 aromatic carbocycles. The summed E-state index contributed by atoms with van der Waals surface area (Å²) in [7, 11) is 1.58. The molecule has 1 unspecified atom stereocenters. The molecule has 2 saturated heterocycles. The van der Waals surface area contributed by atoms with Gasteiger partial charge in [-0.3, -0.25) is 0 Å². The highest BCUT2D eigenvalue weighted by atomic mass is 16.7. The molecule has 2 aliphatic heterocycles. The van der Waals surface area contributed by atoms with Crippen LogP contribution in [0.1, 0.15) is 33.1 Å². The molecule has 0 spiro atoms. The summed E-state index contributed by atoms with van der Waals surface area (Å²) in [5, 5.41) is 19.3. The minimum absolute atomic E-state index is 0.103. The Labute approximate surface area is 113 Å². The average Bonchev–Trinajstić information content (AvgIpc) is 2.37. The Morgan fingerprint density at radius 3 is 2.37 bits per heavy atom. The summed E-state index contributed by atoms with van der Waals surface area (Å²) in [4.78, 5) is 0. The van der Waals surface area contributed by atoms with Gasteiger partial charge in [-0.1, -0.05) is 0 Å². The Morgan fingerprint density at radius 2 is 1.74 bits per heavy atom. The second kappa shape index (κ2) is 6.47. The van der Waals surface area contributed by atoms with E-state index < -0.39 is 18.7 Å². The number of aliphatic hydroxyl groups excluding tert-OH is 2. The van der Waals surface area contributed by atoms with E-state index in [-0.39, 0.29) is 24.4 Å². The summed E-state index contributed by atoms with van der Waals surface area (Å²) in [6, 6.07) is 0. The number of rotatable bonds is 3. The van der Waals surface area contributed by atoms with Crippen LogP contribution in [0.25, 0.3) is 0 Å². The summed E-state index contributed by atoms with van der Waals surface area (Å²) in [6.07, 6.45) is -0.828. The fraction of sp³-hybridized carbons (Fsp3) is 1.00. The number of hydrogen-bond acceptors (Lipinski definition) is 6. The van der Waals surface area contributed by atoms with Crippen molar-refractivity contribution in [2.75, 3.05) is 7.11 Å². The molecular weight excluding hydrogens is 252 g/mol. The predicted octanol–water partition coefficient (Wildman–Crippen LogP) is 0.400. The van der Waals surface area contributed by atoms with Gasteiger partial charge in [0.2, 0.25) is 0 Å². The molecule has 2 heterocycles. The van der Waals surface area contributed by atoms with Crippen molar-refractivity contribution in [3.63, 3.8) is 0 Å². The van der Waals surface area contributed by atoms with Gasteiger partial charge >= 0.3 is 0 Å². The van der Waals surface area contributed by atoms with Crippen molar-refractivity contribution in [1.29, 1.82) is 0 Å². The second-order valence-corrected chi connectivity index (χ2v) is 5.32. The molecule has 6 nitrogen and oxygen atoms in total. The molecule has 2 fully saturated rings. The van der Waals surface area contributed by atoms with E-state index in [1.54, 1.807) is 14.0 Å². The predicted molar refractivity (Wildman–Crippen MR) is 66.4 cm³/mol. The van der Waals surface area contributed by atoms with Crippen LogP contribution in [0.4, 0.5) is 0 Å². The maximum absolute atomic E-state index is 9.88. The Bertz CT molecular complexity index is 286. The Morgan fingerprint density at radius 1 is 1.00 bits per heavy atom. The molecule has 19 heavy (non-hydrogen) atoms. The summed E-state index contributed by atoms with van der Waals surface area (Å²) in [5.41, 5.74) is 0. The van der Waals surface area contributed by atoms with Gasteiger partial charge in [-0.25, -0.2) is 0 Å². The SMILES string of the molecule is CO[C@@H]1C[C@H](O[C@H]2CCC(O)O[C@@H]2C)O[C@H](C)[C@H]1O. The van der Waals surface area contributed by atoms with Gasteiger partial charge in [0.05, 0.1) is 24.4 Å². The molecule has 0 aromatic rings. The summed E-state index contributed by atoms with van der Waals surface area (Å²) in [6.45, 7) is 3.68. The smallest absolute Gasteiger partial charge is 0.161 e. The average molecular weight is 276 g/mol. The number of hydrogen-bond donors (Lipinski definition) is 2. The molecule has 6 heteroatoms. The molecule has 7 atom stereocenters. The molecule has 0 radical (unpaired) electrons. The molecule has 112 valence electrons. The quantitative estimate of drug-likeness (QED) is 0.777. The highest BCUT2D eigenvalue weighted by molar-refractivity contribution is 4.82. The fourth-order valence-corrected chi connectivity index (χ4v) is 2.65. The van der Waals surface area contributed by atoms with Crippen molar-refractivity contribution >= 4 is 0 Å². The topological polar surface area (TPSA) is 77.4 Å². The van der Waals surface area contributed by atoms with E-state index in [1.807, 2.05) is 6.92 Å². The maximum Gasteiger partial charge on any atom is 0.161 e. The normalized spacial score (nSPS) is 48.2. The highest BCUT2D eigenvalue weighted by Crippen LogP contribution is 2.28. The van der Waals surface area contributed by atoms with Gasteiger partial charge in [0.25, 0.3) is 0 Å². The minimum atomic E-state index is -0.699. The first-order valence-electron chi connectivity index (χ1n) is 6.86. The number of methoxy groups -OCH3 is 1. The van der Waals surface area contributed by atoms with Crippen LogP contribution in [-0.2, 0) is 18.9 Å². The van der Waals surface area contributed by atoms with E-state index in [9.17, 15) is 10.2 Å². The summed E-state index contributed by atoms with van der Waals surface area (Å²) in [5.74, 6) is 0. The van der Waals surface area contributed by atoms with Gasteiger partial charge in [0.15, 0.2) is 12.6 Å². The molecule has 0 amide bonds. The monoisotopic (exact) mass is 276 g/mol. The Hall–Kier alpha value is -0.240. The highest BCUT2D eigenvalue weighted by Gasteiger charge is 2.38. The zero-order valence-corrected chi connectivity index (χ0v) is 11.7. The lowest BCUT2D eigenvalue weighted by Gasteiger charge is -2.40. The van der Waals surface area contributed by atoms with Crippen LogP contribution in [0.3, 0.4) is 0 Å². The van der Waals surface area contributed by atoms with Gasteiger partial charge in [0, 0.05) is 20.0 Å². The molecule has 0 saturated carbocycles. The van der Waals surface area contributed by atoms with Crippen molar-refractivity contribution in [2.24, 2.45) is 0 Å². The van der Waals surface area contributed by atoms with E-state index in [0.29, 0.717) is 12.8 Å². The first kappa shape index (κ1) is 15.2. The van der Waals surface area contributed by atoms with Crippen molar-refractivity contribution in [3.05, 3.63) is 0 Å². The van der Waals surface area contributed by atoms with Gasteiger partial charge in [-0.15, -0.1) is 0 Å². The first-order valence-corrected chi connectivity index (χ1v) is 6.86. The van der Waals surface area contributed by atoms with Gasteiger partial charge in [-0.2, -0.15) is 0 Å². The van der Waals surface area contributed by atoms with Crippen LogP contribution in [0.2, 0.25) is 0 Å². The van der Waals surface area contributed by atoms with Crippen LogP contribution in [0.5, 0.6) is 0 Å². The Kier molecular flexibility index (Phi) is 5.16. The van der Waals surface area contributed by atoms with Crippen LogP contribution >= 0.6 is 0 Å². The molecule has 0 bridgehead atoms. The molecule has 0 aliphatic carbocycles. The largest absolute Gasteiger partial charge is 0.388 e. The lowest BCUT2D eigenvalue weighted by molar-refractivity contribution is -0.291. The molecule has 2 rings (SSSR count). The third kappa shape index (κ3) is 3.65. The molecular formula is C13H24O6. The summed E-state index contributed by atoms with van der Waals surface area (Å²) < 4.78 is 22.1. The third-order valence-electron chi connectivity index (χ3n) is 3.88. The molecule has 2 aliphatic rings. The van der Waals surface area contributed by atoms with Crippen molar-refractivity contribution in [1.82, 2.24) is 0 Å². The lowest BCUT2D eigenvalue weighted by Crippen LogP contribution is -2.50. The van der Waals surface area contributed by atoms with Crippen LogP contribution in [0, 0.1) is 0 Å². The van der Waals surface area contributed by atoms with E-state index >= 15 is 0 Å². The third-order valence-corrected chi connectivity index (χ3v) is 3.88. The van der Waals surface area contributed by atoms with Crippen LogP contribution in [-0.4, -0.2) is 60.4 Å². The molecule has 2 N–H and O–H groups in total. The van der Waals surface area contributed by atoms with Crippen molar-refractivity contribution in [2.45, 2.75) is 76.2 Å². The van der Waals surface area contributed by atoms with Crippen LogP contribution in [0.15, 0.2) is 0 Å².